The summed E-state index contributed by atoms with van der Waals surface area (Å²) >= 11 is 0. The zero-order chi connectivity index (χ0) is 17.4. The maximum atomic E-state index is 14.4. The maximum Gasteiger partial charge on any atom is 0.354 e. The summed E-state index contributed by atoms with van der Waals surface area (Å²) in [6, 6.07) is 3.92. The van der Waals surface area contributed by atoms with Crippen LogP contribution >= 0.6 is 0 Å². The van der Waals surface area contributed by atoms with Crippen LogP contribution in [0.3, 0.4) is 0 Å². The van der Waals surface area contributed by atoms with E-state index in [1.807, 2.05) is 0 Å². The van der Waals surface area contributed by atoms with Crippen molar-refractivity contribution >= 4 is 5.97 Å². The Kier molecular flexibility index (Phi) is 4.28. The van der Waals surface area contributed by atoms with Crippen LogP contribution in [0.15, 0.2) is 24.3 Å². The van der Waals surface area contributed by atoms with E-state index in [0.29, 0.717) is 5.56 Å². The molecule has 0 spiro atoms. The standard InChI is InChI=1S/C17H14F3NO3/c1-24-16(8-2-3-8)9-6-11(19)14(12(20)7-9)15-10(18)4-5-13(21-15)17(22)23/h4-8,16H,2-3H2,1H3,(H,22,23). The number of pyridine rings is 1. The highest BCUT2D eigenvalue weighted by Gasteiger charge is 2.33. The molecule has 1 heterocycles. The molecule has 3 rings (SSSR count). The van der Waals surface area contributed by atoms with Crippen molar-refractivity contribution in [2.75, 3.05) is 7.11 Å². The molecule has 1 N–H and O–H groups in total. The first kappa shape index (κ1) is 16.4. The van der Waals surface area contributed by atoms with Crippen LogP contribution in [-0.2, 0) is 4.74 Å². The second kappa shape index (κ2) is 6.24. The third-order valence-corrected chi connectivity index (χ3v) is 4.00. The first-order valence-corrected chi connectivity index (χ1v) is 7.34. The number of halogens is 3. The number of nitrogens with zero attached hydrogens (tertiary/aromatic N) is 1. The molecule has 1 aromatic heterocycles. The highest BCUT2D eigenvalue weighted by molar-refractivity contribution is 5.86. The molecule has 1 atom stereocenters. The average Bonchev–Trinajstić information content (AvgIpc) is 3.34. The zero-order valence-corrected chi connectivity index (χ0v) is 12.7. The number of carboxylic acid groups (broad SMARTS) is 1. The molecule has 1 fully saturated rings. The molecule has 7 heteroatoms. The molecule has 0 amide bonds. The van der Waals surface area contributed by atoms with Gasteiger partial charge in [-0.15, -0.1) is 0 Å². The van der Waals surface area contributed by atoms with E-state index in [2.05, 4.69) is 4.98 Å². The van der Waals surface area contributed by atoms with Crippen molar-refractivity contribution in [1.29, 1.82) is 0 Å². The van der Waals surface area contributed by atoms with Gasteiger partial charge in [-0.25, -0.2) is 22.9 Å². The largest absolute Gasteiger partial charge is 0.477 e. The number of carbonyl (C=O) groups is 1. The number of aromatic carboxylic acids is 1. The smallest absolute Gasteiger partial charge is 0.354 e. The number of rotatable bonds is 5. The number of hydrogen-bond donors (Lipinski definition) is 1. The van der Waals surface area contributed by atoms with E-state index >= 15 is 0 Å². The topological polar surface area (TPSA) is 59.4 Å². The van der Waals surface area contributed by atoms with Crippen molar-refractivity contribution in [2.45, 2.75) is 18.9 Å². The highest BCUT2D eigenvalue weighted by Crippen LogP contribution is 2.44. The van der Waals surface area contributed by atoms with Gasteiger partial charge in [0.2, 0.25) is 0 Å². The van der Waals surface area contributed by atoms with Gasteiger partial charge in [-0.3, -0.25) is 0 Å². The van der Waals surface area contributed by atoms with Gasteiger partial charge in [-0.2, -0.15) is 0 Å². The zero-order valence-electron chi connectivity index (χ0n) is 12.7. The molecule has 0 saturated heterocycles. The van der Waals surface area contributed by atoms with Crippen molar-refractivity contribution in [2.24, 2.45) is 5.92 Å². The summed E-state index contributed by atoms with van der Waals surface area (Å²) in [6.45, 7) is 0. The molecule has 4 nitrogen and oxygen atoms in total. The molecule has 0 aliphatic heterocycles. The molecule has 2 aromatic rings. The summed E-state index contributed by atoms with van der Waals surface area (Å²) < 4.78 is 48.1. The van der Waals surface area contributed by atoms with Gasteiger partial charge in [0.1, 0.15) is 28.8 Å². The number of aromatic nitrogens is 1. The molecule has 1 aromatic carbocycles. The van der Waals surface area contributed by atoms with Crippen molar-refractivity contribution in [3.05, 3.63) is 53.0 Å². The molecule has 24 heavy (non-hydrogen) atoms. The SMILES string of the molecule is COC(c1cc(F)c(-c2nc(C(=O)O)ccc2F)c(F)c1)C1CC1. The van der Waals surface area contributed by atoms with Gasteiger partial charge in [0.25, 0.3) is 0 Å². The minimum absolute atomic E-state index is 0.213. The van der Waals surface area contributed by atoms with Crippen molar-refractivity contribution in [3.8, 4) is 11.3 Å². The molecule has 0 radical (unpaired) electrons. The van der Waals surface area contributed by atoms with E-state index in [1.165, 1.54) is 7.11 Å². The van der Waals surface area contributed by atoms with Crippen LogP contribution in [0.5, 0.6) is 0 Å². The first-order chi connectivity index (χ1) is 11.4. The number of ether oxygens (including phenoxy) is 1. The Bertz CT molecular complexity index is 783. The van der Waals surface area contributed by atoms with Crippen molar-refractivity contribution < 1.29 is 27.8 Å². The minimum atomic E-state index is -1.41. The molecular weight excluding hydrogens is 323 g/mol. The second-order valence-corrected chi connectivity index (χ2v) is 5.69. The Hall–Kier alpha value is -2.41. The van der Waals surface area contributed by atoms with E-state index in [1.54, 1.807) is 0 Å². The third-order valence-electron chi connectivity index (χ3n) is 4.00. The van der Waals surface area contributed by atoms with Crippen LogP contribution in [0.25, 0.3) is 11.3 Å². The summed E-state index contributed by atoms with van der Waals surface area (Å²) in [7, 11) is 1.46. The van der Waals surface area contributed by atoms with E-state index in [-0.39, 0.29) is 5.92 Å². The van der Waals surface area contributed by atoms with Crippen LogP contribution in [-0.4, -0.2) is 23.2 Å². The number of hydrogen-bond acceptors (Lipinski definition) is 3. The quantitative estimate of drug-likeness (QED) is 0.897. The summed E-state index contributed by atoms with van der Waals surface area (Å²) in [6.07, 6.45) is 1.41. The lowest BCUT2D eigenvalue weighted by molar-refractivity contribution is 0.0690. The number of benzene rings is 1. The Morgan fingerprint density at radius 3 is 2.33 bits per heavy atom. The Labute approximate surface area is 135 Å². The lowest BCUT2D eigenvalue weighted by Gasteiger charge is -2.16. The van der Waals surface area contributed by atoms with Gasteiger partial charge in [0.15, 0.2) is 0 Å². The lowest BCUT2D eigenvalue weighted by atomic mass is 10.0. The van der Waals surface area contributed by atoms with Gasteiger partial charge in [0.05, 0.1) is 11.7 Å². The minimum Gasteiger partial charge on any atom is -0.477 e. The predicted molar refractivity (Wildman–Crippen MR) is 79.0 cm³/mol. The second-order valence-electron chi connectivity index (χ2n) is 5.69. The fourth-order valence-electron chi connectivity index (χ4n) is 2.72. The fourth-order valence-corrected chi connectivity index (χ4v) is 2.72. The molecule has 1 aliphatic rings. The van der Waals surface area contributed by atoms with Crippen molar-refractivity contribution in [1.82, 2.24) is 4.98 Å². The van der Waals surface area contributed by atoms with E-state index in [0.717, 1.165) is 37.1 Å². The molecule has 1 unspecified atom stereocenters. The molecule has 0 bridgehead atoms. The van der Waals surface area contributed by atoms with Crippen LogP contribution in [0.4, 0.5) is 13.2 Å². The average molecular weight is 337 g/mol. The van der Waals surface area contributed by atoms with Gasteiger partial charge < -0.3 is 9.84 Å². The van der Waals surface area contributed by atoms with Crippen LogP contribution in [0.1, 0.15) is 35.0 Å². The van der Waals surface area contributed by atoms with E-state index < -0.39 is 46.5 Å². The van der Waals surface area contributed by atoms with Crippen LogP contribution in [0.2, 0.25) is 0 Å². The number of carboxylic acids is 1. The molecule has 1 aliphatic carbocycles. The van der Waals surface area contributed by atoms with Crippen LogP contribution in [0, 0.1) is 23.4 Å². The summed E-state index contributed by atoms with van der Waals surface area (Å²) in [5, 5.41) is 8.91. The van der Waals surface area contributed by atoms with Gasteiger partial charge in [-0.1, -0.05) is 0 Å². The van der Waals surface area contributed by atoms with Gasteiger partial charge >= 0.3 is 5.97 Å². The van der Waals surface area contributed by atoms with Gasteiger partial charge in [-0.05, 0) is 48.6 Å². The Balaban J connectivity index is 2.09. The van der Waals surface area contributed by atoms with Crippen molar-refractivity contribution in [3.63, 3.8) is 0 Å². The highest BCUT2D eigenvalue weighted by atomic mass is 19.1. The van der Waals surface area contributed by atoms with E-state index in [9.17, 15) is 18.0 Å². The number of methoxy groups -OCH3 is 1. The monoisotopic (exact) mass is 337 g/mol. The fraction of sp³-hybridized carbons (Fsp3) is 0.294. The molecule has 1 saturated carbocycles. The Morgan fingerprint density at radius 1 is 1.21 bits per heavy atom. The third kappa shape index (κ3) is 2.99. The Morgan fingerprint density at radius 2 is 1.83 bits per heavy atom. The molecule has 126 valence electrons. The lowest BCUT2D eigenvalue weighted by Crippen LogP contribution is -2.08. The summed E-state index contributed by atoms with van der Waals surface area (Å²) in [5.74, 6) is -4.23. The molecular formula is C17H14F3NO3. The van der Waals surface area contributed by atoms with E-state index in [4.69, 9.17) is 9.84 Å². The predicted octanol–water partition coefficient (Wildman–Crippen LogP) is 3.96. The van der Waals surface area contributed by atoms with Gasteiger partial charge in [0, 0.05) is 7.11 Å². The maximum absolute atomic E-state index is 14.4. The normalized spacial score (nSPS) is 15.3. The summed E-state index contributed by atoms with van der Waals surface area (Å²) in [4.78, 5) is 14.5. The first-order valence-electron chi connectivity index (χ1n) is 7.34. The van der Waals surface area contributed by atoms with Crippen LogP contribution < -0.4 is 0 Å². The summed E-state index contributed by atoms with van der Waals surface area (Å²) in [5.41, 5.74) is -1.53.